The minimum atomic E-state index is -0.194. The zero-order valence-corrected chi connectivity index (χ0v) is 11.3. The molecule has 2 heterocycles. The first-order valence-electron chi connectivity index (χ1n) is 6.15. The Morgan fingerprint density at radius 2 is 2.26 bits per heavy atom. The first kappa shape index (κ1) is 13.2. The maximum Gasteiger partial charge on any atom is 0.229 e. The number of amides is 1. The van der Waals surface area contributed by atoms with Gasteiger partial charge in [-0.3, -0.25) is 9.78 Å². The summed E-state index contributed by atoms with van der Waals surface area (Å²) in [5.74, 6) is 1.29. The van der Waals surface area contributed by atoms with Crippen LogP contribution in [0.1, 0.15) is 18.6 Å². The van der Waals surface area contributed by atoms with E-state index in [0.717, 1.165) is 11.6 Å². The van der Waals surface area contributed by atoms with Crippen molar-refractivity contribution in [2.75, 3.05) is 5.32 Å². The summed E-state index contributed by atoms with van der Waals surface area (Å²) >= 11 is 0. The minimum absolute atomic E-state index is 0.0550. The van der Waals surface area contributed by atoms with Crippen molar-refractivity contribution < 1.29 is 4.79 Å². The number of hydrogen-bond acceptors (Lipinski definition) is 4. The average molecular weight is 259 g/mol. The predicted octanol–water partition coefficient (Wildman–Crippen LogP) is 1.56. The Balaban J connectivity index is 1.98. The predicted molar refractivity (Wildman–Crippen MR) is 71.5 cm³/mol. The van der Waals surface area contributed by atoms with Gasteiger partial charge in [0.1, 0.15) is 11.6 Å². The molecule has 2 aromatic heterocycles. The third-order valence-electron chi connectivity index (χ3n) is 2.79. The van der Waals surface area contributed by atoms with Crippen molar-refractivity contribution in [1.29, 1.82) is 0 Å². The van der Waals surface area contributed by atoms with Gasteiger partial charge in [-0.2, -0.15) is 5.10 Å². The van der Waals surface area contributed by atoms with E-state index in [1.54, 1.807) is 23.1 Å². The van der Waals surface area contributed by atoms with Crippen LogP contribution in [0, 0.1) is 19.8 Å². The van der Waals surface area contributed by atoms with Crippen LogP contribution in [-0.2, 0) is 11.3 Å². The van der Waals surface area contributed by atoms with Gasteiger partial charge < -0.3 is 5.32 Å². The lowest BCUT2D eigenvalue weighted by atomic mass is 10.1. The highest BCUT2D eigenvalue weighted by atomic mass is 16.1. The molecule has 1 N–H and O–H groups in total. The van der Waals surface area contributed by atoms with Crippen LogP contribution in [0.15, 0.2) is 24.5 Å². The third-order valence-corrected chi connectivity index (χ3v) is 2.79. The highest BCUT2D eigenvalue weighted by Gasteiger charge is 2.15. The van der Waals surface area contributed by atoms with E-state index in [0.29, 0.717) is 12.2 Å². The molecule has 0 saturated carbocycles. The summed E-state index contributed by atoms with van der Waals surface area (Å²) in [7, 11) is 0. The number of hydrogen-bond donors (Lipinski definition) is 1. The largest absolute Gasteiger partial charge is 0.324 e. The lowest BCUT2D eigenvalue weighted by Crippen LogP contribution is -2.25. The third kappa shape index (κ3) is 3.37. The minimum Gasteiger partial charge on any atom is -0.324 e. The first-order valence-corrected chi connectivity index (χ1v) is 6.15. The monoisotopic (exact) mass is 259 g/mol. The van der Waals surface area contributed by atoms with E-state index in [9.17, 15) is 4.79 Å². The first-order chi connectivity index (χ1) is 9.06. The van der Waals surface area contributed by atoms with Gasteiger partial charge in [0, 0.05) is 6.20 Å². The summed E-state index contributed by atoms with van der Waals surface area (Å²) in [4.78, 5) is 20.2. The molecule has 6 heteroatoms. The number of nitrogens with zero attached hydrogens (tertiary/aromatic N) is 4. The molecule has 0 radical (unpaired) electrons. The fourth-order valence-corrected chi connectivity index (χ4v) is 1.78. The Morgan fingerprint density at radius 3 is 2.84 bits per heavy atom. The van der Waals surface area contributed by atoms with Crippen LogP contribution in [0.2, 0.25) is 0 Å². The second kappa shape index (κ2) is 5.60. The lowest BCUT2D eigenvalue weighted by Gasteiger charge is -2.12. The zero-order chi connectivity index (χ0) is 13.8. The molecule has 0 bridgehead atoms. The van der Waals surface area contributed by atoms with Gasteiger partial charge in [0.15, 0.2) is 0 Å². The van der Waals surface area contributed by atoms with Gasteiger partial charge in [0.05, 0.1) is 24.3 Å². The van der Waals surface area contributed by atoms with Gasteiger partial charge in [-0.15, -0.1) is 0 Å². The SMILES string of the molecule is Cc1nc(C)n(CC(C)C(=O)Nc2cccnc2)n1. The van der Waals surface area contributed by atoms with Crippen LogP contribution >= 0.6 is 0 Å². The van der Waals surface area contributed by atoms with Gasteiger partial charge in [-0.05, 0) is 26.0 Å². The highest BCUT2D eigenvalue weighted by molar-refractivity contribution is 5.92. The van der Waals surface area contributed by atoms with Crippen molar-refractivity contribution in [3.63, 3.8) is 0 Å². The van der Waals surface area contributed by atoms with E-state index < -0.39 is 0 Å². The van der Waals surface area contributed by atoms with Crippen LogP contribution in [0.4, 0.5) is 5.69 Å². The molecule has 100 valence electrons. The van der Waals surface area contributed by atoms with E-state index in [-0.39, 0.29) is 11.8 Å². The maximum absolute atomic E-state index is 12.0. The summed E-state index contributed by atoms with van der Waals surface area (Å²) in [6, 6.07) is 3.59. The number of rotatable bonds is 4. The van der Waals surface area contributed by atoms with Gasteiger partial charge >= 0.3 is 0 Å². The Labute approximate surface area is 111 Å². The number of aromatic nitrogens is 4. The maximum atomic E-state index is 12.0. The molecule has 0 fully saturated rings. The molecule has 2 rings (SSSR count). The Hall–Kier alpha value is -2.24. The van der Waals surface area contributed by atoms with Crippen LogP contribution < -0.4 is 5.32 Å². The number of anilines is 1. The van der Waals surface area contributed by atoms with E-state index in [1.165, 1.54) is 0 Å². The second-order valence-corrected chi connectivity index (χ2v) is 4.52. The smallest absolute Gasteiger partial charge is 0.229 e. The van der Waals surface area contributed by atoms with Gasteiger partial charge in [-0.1, -0.05) is 6.92 Å². The molecule has 1 amide bonds. The van der Waals surface area contributed by atoms with Gasteiger partial charge in [0.25, 0.3) is 0 Å². The van der Waals surface area contributed by atoms with Crippen molar-refractivity contribution in [3.05, 3.63) is 36.2 Å². The number of pyridine rings is 1. The topological polar surface area (TPSA) is 72.7 Å². The molecular weight excluding hydrogens is 242 g/mol. The Bertz CT molecular complexity index is 564. The molecule has 0 aromatic carbocycles. The highest BCUT2D eigenvalue weighted by Crippen LogP contribution is 2.08. The summed E-state index contributed by atoms with van der Waals surface area (Å²) in [6.07, 6.45) is 3.29. The van der Waals surface area contributed by atoms with E-state index in [1.807, 2.05) is 26.8 Å². The molecule has 6 nitrogen and oxygen atoms in total. The van der Waals surface area contributed by atoms with Crippen molar-refractivity contribution in [2.45, 2.75) is 27.3 Å². The zero-order valence-electron chi connectivity index (χ0n) is 11.3. The second-order valence-electron chi connectivity index (χ2n) is 4.52. The van der Waals surface area contributed by atoms with E-state index in [4.69, 9.17) is 0 Å². The van der Waals surface area contributed by atoms with Gasteiger partial charge in [-0.25, -0.2) is 9.67 Å². The molecule has 0 aliphatic carbocycles. The molecular formula is C13H17N5O. The average Bonchev–Trinajstić information content (AvgIpc) is 2.69. The molecule has 0 saturated heterocycles. The summed E-state index contributed by atoms with van der Waals surface area (Å²) in [5, 5.41) is 7.08. The standard InChI is InChI=1S/C13H17N5O/c1-9(8-18-11(3)15-10(2)17-18)13(19)16-12-5-4-6-14-7-12/h4-7,9H,8H2,1-3H3,(H,16,19). The van der Waals surface area contributed by atoms with Crippen LogP contribution in [0.25, 0.3) is 0 Å². The van der Waals surface area contributed by atoms with Gasteiger partial charge in [0.2, 0.25) is 5.91 Å². The number of nitrogens with one attached hydrogen (secondary N) is 1. The quantitative estimate of drug-likeness (QED) is 0.904. The molecule has 1 atom stereocenters. The number of carbonyl (C=O) groups is 1. The van der Waals surface area contributed by atoms with Crippen molar-refractivity contribution in [3.8, 4) is 0 Å². The molecule has 0 aliphatic rings. The van der Waals surface area contributed by atoms with Crippen molar-refractivity contribution in [2.24, 2.45) is 5.92 Å². The Kier molecular flexibility index (Phi) is 3.89. The normalized spacial score (nSPS) is 12.2. The fourth-order valence-electron chi connectivity index (χ4n) is 1.78. The molecule has 1 unspecified atom stereocenters. The van der Waals surface area contributed by atoms with E-state index in [2.05, 4.69) is 20.4 Å². The molecule has 19 heavy (non-hydrogen) atoms. The van der Waals surface area contributed by atoms with Crippen LogP contribution in [0.5, 0.6) is 0 Å². The number of carbonyl (C=O) groups excluding carboxylic acids is 1. The number of aryl methyl sites for hydroxylation is 2. The molecule has 2 aromatic rings. The fraction of sp³-hybridized carbons (Fsp3) is 0.385. The summed E-state index contributed by atoms with van der Waals surface area (Å²) < 4.78 is 1.75. The van der Waals surface area contributed by atoms with Crippen LogP contribution in [0.3, 0.4) is 0 Å². The summed E-state index contributed by atoms with van der Waals surface area (Å²) in [6.45, 7) is 6.09. The Morgan fingerprint density at radius 1 is 1.47 bits per heavy atom. The molecule has 0 aliphatic heterocycles. The van der Waals surface area contributed by atoms with E-state index >= 15 is 0 Å². The summed E-state index contributed by atoms with van der Waals surface area (Å²) in [5.41, 5.74) is 0.700. The molecule has 0 spiro atoms. The lowest BCUT2D eigenvalue weighted by molar-refractivity contribution is -0.119. The van der Waals surface area contributed by atoms with Crippen molar-refractivity contribution >= 4 is 11.6 Å². The van der Waals surface area contributed by atoms with Crippen molar-refractivity contribution in [1.82, 2.24) is 19.7 Å². The van der Waals surface area contributed by atoms with Crippen LogP contribution in [-0.4, -0.2) is 25.7 Å².